The Morgan fingerprint density at radius 3 is 2.57 bits per heavy atom. The van der Waals surface area contributed by atoms with E-state index < -0.39 is 17.9 Å². The van der Waals surface area contributed by atoms with Crippen molar-refractivity contribution in [1.82, 2.24) is 10.6 Å². The van der Waals surface area contributed by atoms with E-state index in [0.29, 0.717) is 35.9 Å². The molecule has 10 nitrogen and oxygen atoms in total. The normalized spacial score (nSPS) is 16.7. The monoisotopic (exact) mass is 505 g/mol. The number of nitrogens with zero attached hydrogens (tertiary/aromatic N) is 1. The molecule has 2 unspecified atom stereocenters. The van der Waals surface area contributed by atoms with Gasteiger partial charge >= 0.3 is 0 Å². The van der Waals surface area contributed by atoms with E-state index in [1.165, 1.54) is 17.2 Å². The van der Waals surface area contributed by atoms with Gasteiger partial charge in [0.05, 0.1) is 18.9 Å². The van der Waals surface area contributed by atoms with Gasteiger partial charge in [-0.15, -0.1) is 0 Å². The highest BCUT2D eigenvalue weighted by atomic mass is 16.7. The molecule has 3 heterocycles. The van der Waals surface area contributed by atoms with Crippen LogP contribution in [0.2, 0.25) is 0 Å². The van der Waals surface area contributed by atoms with Crippen molar-refractivity contribution in [3.63, 3.8) is 0 Å². The third-order valence-corrected chi connectivity index (χ3v) is 6.20. The number of hydrogen-bond donors (Lipinski definition) is 2. The topological polar surface area (TPSA) is 119 Å². The fraction of sp³-hybridized carbons (Fsp3) is 0.296. The Morgan fingerprint density at radius 1 is 0.973 bits per heavy atom. The molecule has 5 rings (SSSR count). The molecule has 2 N–H and O–H groups in total. The van der Waals surface area contributed by atoms with Gasteiger partial charge in [0.1, 0.15) is 6.04 Å². The largest absolute Gasteiger partial charge is 0.459 e. The van der Waals surface area contributed by atoms with Gasteiger partial charge in [0, 0.05) is 24.9 Å². The van der Waals surface area contributed by atoms with Crippen LogP contribution in [0, 0.1) is 0 Å². The van der Waals surface area contributed by atoms with Crippen LogP contribution in [0.1, 0.15) is 35.0 Å². The zero-order valence-corrected chi connectivity index (χ0v) is 20.1. The Hall–Kier alpha value is -4.31. The number of carbonyl (C=O) groups excluding carboxylic acids is 3. The summed E-state index contributed by atoms with van der Waals surface area (Å²) in [4.78, 5) is 41.2. The van der Waals surface area contributed by atoms with Crippen molar-refractivity contribution in [2.45, 2.75) is 25.0 Å². The van der Waals surface area contributed by atoms with E-state index >= 15 is 0 Å². The lowest BCUT2D eigenvalue weighted by atomic mass is 10.0. The van der Waals surface area contributed by atoms with Crippen LogP contribution in [0.5, 0.6) is 11.5 Å². The minimum atomic E-state index is -1.02. The Morgan fingerprint density at radius 2 is 1.81 bits per heavy atom. The molecule has 192 valence electrons. The number of rotatable bonds is 9. The lowest BCUT2D eigenvalue weighted by Gasteiger charge is -2.32. The average Bonchev–Trinajstić information content (AvgIpc) is 3.72. The maximum atomic E-state index is 13.7. The summed E-state index contributed by atoms with van der Waals surface area (Å²) in [6.07, 6.45) is 3.11. The Balaban J connectivity index is 1.46. The van der Waals surface area contributed by atoms with Crippen molar-refractivity contribution in [3.8, 4) is 11.5 Å². The van der Waals surface area contributed by atoms with E-state index in [1.54, 1.807) is 48.5 Å². The molecule has 0 saturated carbocycles. The molecule has 0 bridgehead atoms. The number of hydrogen-bond acceptors (Lipinski definition) is 7. The molecular formula is C27H27N3O7. The first-order chi connectivity index (χ1) is 18.1. The van der Waals surface area contributed by atoms with E-state index in [1.807, 2.05) is 6.07 Å². The number of amides is 3. The van der Waals surface area contributed by atoms with E-state index in [9.17, 15) is 14.4 Å². The molecule has 2 atom stereocenters. The highest BCUT2D eigenvalue weighted by molar-refractivity contribution is 6.04. The van der Waals surface area contributed by atoms with E-state index in [2.05, 4.69) is 10.6 Å². The molecule has 3 aromatic rings. The summed E-state index contributed by atoms with van der Waals surface area (Å²) in [6.45, 7) is 0.701. The minimum absolute atomic E-state index is 0.0654. The minimum Gasteiger partial charge on any atom is -0.459 e. The van der Waals surface area contributed by atoms with Crippen molar-refractivity contribution < 1.29 is 33.0 Å². The predicted octanol–water partition coefficient (Wildman–Crippen LogP) is 2.81. The smallest absolute Gasteiger partial charge is 0.287 e. The van der Waals surface area contributed by atoms with Gasteiger partial charge in [-0.2, -0.15) is 0 Å². The zero-order chi connectivity index (χ0) is 25.6. The first-order valence-electron chi connectivity index (χ1n) is 12.1. The summed E-state index contributed by atoms with van der Waals surface area (Å²) < 4.78 is 21.7. The summed E-state index contributed by atoms with van der Waals surface area (Å²) in [7, 11) is 0. The zero-order valence-electron chi connectivity index (χ0n) is 20.1. The van der Waals surface area contributed by atoms with Crippen LogP contribution >= 0.6 is 0 Å². The SMILES string of the molecule is O=C(NCC(=O)N(c1ccc2c(c1)OCO2)C(C(=O)NCC1CCCO1)c1ccccc1)c1ccco1. The second-order valence-electron chi connectivity index (χ2n) is 8.65. The van der Waals surface area contributed by atoms with Crippen LogP contribution in [0.3, 0.4) is 0 Å². The van der Waals surface area contributed by atoms with E-state index in [0.717, 1.165) is 12.8 Å². The number of ether oxygens (including phenoxy) is 3. The highest BCUT2D eigenvalue weighted by Gasteiger charge is 2.34. The van der Waals surface area contributed by atoms with Gasteiger partial charge in [-0.05, 0) is 42.7 Å². The van der Waals surface area contributed by atoms with Crippen LogP contribution < -0.4 is 25.0 Å². The summed E-state index contributed by atoms with van der Waals surface area (Å²) in [5.41, 5.74) is 1.03. The molecule has 2 aromatic carbocycles. The third kappa shape index (κ3) is 5.59. The third-order valence-electron chi connectivity index (χ3n) is 6.20. The van der Waals surface area contributed by atoms with Crippen LogP contribution in [-0.4, -0.2) is 50.3 Å². The molecular weight excluding hydrogens is 478 g/mol. The molecule has 2 aliphatic heterocycles. The first-order valence-corrected chi connectivity index (χ1v) is 12.1. The van der Waals surface area contributed by atoms with Gasteiger partial charge in [0.2, 0.25) is 18.6 Å². The highest BCUT2D eigenvalue weighted by Crippen LogP contribution is 2.38. The van der Waals surface area contributed by atoms with Crippen LogP contribution in [-0.2, 0) is 14.3 Å². The average molecular weight is 506 g/mol. The number of benzene rings is 2. The molecule has 10 heteroatoms. The van der Waals surface area contributed by atoms with Crippen molar-refractivity contribution in [2.24, 2.45) is 0 Å². The Labute approximate surface area is 213 Å². The second kappa shape index (κ2) is 11.2. The molecule has 1 saturated heterocycles. The van der Waals surface area contributed by atoms with Crippen molar-refractivity contribution in [2.75, 3.05) is 31.4 Å². The van der Waals surface area contributed by atoms with Crippen LogP contribution in [0.4, 0.5) is 5.69 Å². The maximum Gasteiger partial charge on any atom is 0.287 e. The molecule has 0 spiro atoms. The van der Waals surface area contributed by atoms with E-state index in [-0.39, 0.29) is 31.1 Å². The van der Waals surface area contributed by atoms with Crippen molar-refractivity contribution >= 4 is 23.4 Å². The second-order valence-corrected chi connectivity index (χ2v) is 8.65. The number of fused-ring (bicyclic) bond motifs is 1. The Kier molecular flexibility index (Phi) is 7.36. The van der Waals surface area contributed by atoms with E-state index in [4.69, 9.17) is 18.6 Å². The van der Waals surface area contributed by atoms with Crippen LogP contribution in [0.25, 0.3) is 0 Å². The number of carbonyl (C=O) groups is 3. The lowest BCUT2D eigenvalue weighted by molar-refractivity contribution is -0.126. The molecule has 37 heavy (non-hydrogen) atoms. The van der Waals surface area contributed by atoms with Crippen molar-refractivity contribution in [1.29, 1.82) is 0 Å². The molecule has 1 fully saturated rings. The van der Waals surface area contributed by atoms with Gasteiger partial charge in [-0.25, -0.2) is 0 Å². The molecule has 0 aliphatic carbocycles. The molecule has 3 amide bonds. The number of furan rings is 1. The summed E-state index contributed by atoms with van der Waals surface area (Å²) >= 11 is 0. The van der Waals surface area contributed by atoms with Crippen molar-refractivity contribution in [3.05, 3.63) is 78.3 Å². The van der Waals surface area contributed by atoms with Gasteiger partial charge in [0.15, 0.2) is 17.3 Å². The summed E-state index contributed by atoms with van der Waals surface area (Å²) in [5, 5.41) is 5.53. The summed E-state index contributed by atoms with van der Waals surface area (Å²) in [5.74, 6) is -0.327. The van der Waals surface area contributed by atoms with Gasteiger partial charge < -0.3 is 29.3 Å². The Bertz CT molecular complexity index is 1240. The summed E-state index contributed by atoms with van der Waals surface area (Å²) in [6, 6.07) is 16.1. The maximum absolute atomic E-state index is 13.7. The number of anilines is 1. The lowest BCUT2D eigenvalue weighted by Crippen LogP contribution is -2.48. The quantitative estimate of drug-likeness (QED) is 0.459. The standard InChI is InChI=1S/C27H27N3O7/c31-24(16-29-26(32)22-9-5-13-35-22)30(19-10-11-21-23(14-19)37-17-36-21)25(18-6-2-1-3-7-18)27(33)28-15-20-8-4-12-34-20/h1-3,5-7,9-11,13-14,20,25H,4,8,12,15-17H2,(H,28,33)(H,29,32). The predicted molar refractivity (Wildman–Crippen MR) is 132 cm³/mol. The van der Waals surface area contributed by atoms with Crippen LogP contribution in [0.15, 0.2) is 71.3 Å². The fourth-order valence-corrected chi connectivity index (χ4v) is 4.38. The van der Waals surface area contributed by atoms with Gasteiger partial charge in [-0.1, -0.05) is 30.3 Å². The fourth-order valence-electron chi connectivity index (χ4n) is 4.38. The molecule has 0 radical (unpaired) electrons. The molecule has 1 aromatic heterocycles. The molecule has 2 aliphatic rings. The number of nitrogens with one attached hydrogen (secondary N) is 2. The van der Waals surface area contributed by atoms with Gasteiger partial charge in [-0.3, -0.25) is 19.3 Å². The first kappa shape index (κ1) is 24.4. The van der Waals surface area contributed by atoms with Gasteiger partial charge in [0.25, 0.3) is 5.91 Å².